The van der Waals surface area contributed by atoms with Gasteiger partial charge in [-0.25, -0.2) is 0 Å². The first-order valence-corrected chi connectivity index (χ1v) is 11.3. The third kappa shape index (κ3) is 4.63. The number of fused-ring (bicyclic) bond motifs is 1. The van der Waals surface area contributed by atoms with E-state index < -0.39 is 0 Å². The Kier molecular flexibility index (Phi) is 6.74. The molecule has 1 saturated heterocycles. The molecule has 1 atom stereocenters. The summed E-state index contributed by atoms with van der Waals surface area (Å²) in [6, 6.07) is 10.00. The van der Waals surface area contributed by atoms with Crippen molar-refractivity contribution >= 4 is 11.8 Å². The fraction of sp³-hybridized carbons (Fsp3) is 0.480. The van der Waals surface area contributed by atoms with E-state index in [1.807, 2.05) is 36.5 Å². The van der Waals surface area contributed by atoms with E-state index >= 15 is 0 Å². The average molecular weight is 438 g/mol. The summed E-state index contributed by atoms with van der Waals surface area (Å²) in [5.41, 5.74) is 2.91. The molecule has 0 radical (unpaired) electrons. The van der Waals surface area contributed by atoms with Gasteiger partial charge < -0.3 is 19.1 Å². The Labute approximate surface area is 188 Å². The number of hydrogen-bond acceptors (Lipinski definition) is 4. The SMILES string of the molecule is COCC1CCN(C(=O)c2c3c(cn(CCc4ccccc4)c2=O)CN(C(C)=O)CC3)C1. The zero-order valence-corrected chi connectivity index (χ0v) is 18.9. The van der Waals surface area contributed by atoms with Crippen LogP contribution in [0.1, 0.15) is 40.4 Å². The Hall–Kier alpha value is -2.93. The molecule has 1 aromatic heterocycles. The van der Waals surface area contributed by atoms with Crippen LogP contribution in [0.15, 0.2) is 41.3 Å². The number of carbonyl (C=O) groups excluding carboxylic acids is 2. The Morgan fingerprint density at radius 2 is 1.91 bits per heavy atom. The topological polar surface area (TPSA) is 71.8 Å². The van der Waals surface area contributed by atoms with E-state index in [0.29, 0.717) is 58.1 Å². The van der Waals surface area contributed by atoms with E-state index in [1.165, 1.54) is 0 Å². The lowest BCUT2D eigenvalue weighted by molar-refractivity contribution is -0.129. The van der Waals surface area contributed by atoms with Gasteiger partial charge in [-0.15, -0.1) is 0 Å². The highest BCUT2D eigenvalue weighted by Crippen LogP contribution is 2.24. The number of benzene rings is 1. The van der Waals surface area contributed by atoms with Crippen molar-refractivity contribution in [1.29, 1.82) is 0 Å². The van der Waals surface area contributed by atoms with Crippen LogP contribution in [0.4, 0.5) is 0 Å². The summed E-state index contributed by atoms with van der Waals surface area (Å²) in [6.45, 7) is 4.88. The molecule has 3 heterocycles. The number of carbonyl (C=O) groups is 2. The minimum atomic E-state index is -0.226. The van der Waals surface area contributed by atoms with Crippen LogP contribution < -0.4 is 5.56 Å². The lowest BCUT2D eigenvalue weighted by Crippen LogP contribution is -2.41. The normalized spacial score (nSPS) is 18.0. The molecule has 0 aliphatic carbocycles. The van der Waals surface area contributed by atoms with E-state index in [4.69, 9.17) is 4.74 Å². The van der Waals surface area contributed by atoms with Gasteiger partial charge in [0.25, 0.3) is 11.5 Å². The number of rotatable bonds is 6. The Morgan fingerprint density at radius 1 is 1.12 bits per heavy atom. The van der Waals surface area contributed by atoms with Gasteiger partial charge in [0.1, 0.15) is 5.56 Å². The fourth-order valence-electron chi connectivity index (χ4n) is 4.81. The first kappa shape index (κ1) is 22.3. The van der Waals surface area contributed by atoms with E-state index in [0.717, 1.165) is 23.1 Å². The maximum atomic E-state index is 13.5. The minimum absolute atomic E-state index is 0.00696. The number of aryl methyl sites for hydroxylation is 2. The fourth-order valence-corrected chi connectivity index (χ4v) is 4.81. The maximum absolute atomic E-state index is 13.5. The molecule has 2 amide bonds. The summed E-state index contributed by atoms with van der Waals surface area (Å²) in [6.07, 6.45) is 3.96. The van der Waals surface area contributed by atoms with Crippen LogP contribution >= 0.6 is 0 Å². The van der Waals surface area contributed by atoms with Crippen molar-refractivity contribution in [2.45, 2.75) is 39.3 Å². The van der Waals surface area contributed by atoms with Crippen LogP contribution in [0.5, 0.6) is 0 Å². The summed E-state index contributed by atoms with van der Waals surface area (Å²) in [5.74, 6) is 0.125. The Balaban J connectivity index is 1.67. The lowest BCUT2D eigenvalue weighted by Gasteiger charge is -2.30. The van der Waals surface area contributed by atoms with E-state index in [2.05, 4.69) is 0 Å². The molecule has 0 spiro atoms. The van der Waals surface area contributed by atoms with Crippen molar-refractivity contribution < 1.29 is 14.3 Å². The molecule has 2 aliphatic heterocycles. The zero-order chi connectivity index (χ0) is 22.7. The van der Waals surface area contributed by atoms with Crippen molar-refractivity contribution in [3.8, 4) is 0 Å². The van der Waals surface area contributed by atoms with Gasteiger partial charge in [0.2, 0.25) is 5.91 Å². The van der Waals surface area contributed by atoms with Crippen molar-refractivity contribution in [2.75, 3.05) is 33.4 Å². The molecule has 0 bridgehead atoms. The van der Waals surface area contributed by atoms with Gasteiger partial charge in [-0.3, -0.25) is 14.4 Å². The van der Waals surface area contributed by atoms with Crippen molar-refractivity contribution in [1.82, 2.24) is 14.4 Å². The van der Waals surface area contributed by atoms with Crippen LogP contribution in [0, 0.1) is 5.92 Å². The molecule has 2 aromatic rings. The molecular formula is C25H31N3O4. The quantitative estimate of drug-likeness (QED) is 0.694. The molecule has 7 heteroatoms. The second kappa shape index (κ2) is 9.69. The molecule has 4 rings (SSSR count). The second-order valence-electron chi connectivity index (χ2n) is 8.79. The number of amides is 2. The van der Waals surface area contributed by atoms with Gasteiger partial charge in [-0.1, -0.05) is 30.3 Å². The zero-order valence-electron chi connectivity index (χ0n) is 18.9. The Bertz CT molecular complexity index is 1050. The molecule has 0 saturated carbocycles. The molecule has 1 aromatic carbocycles. The largest absolute Gasteiger partial charge is 0.384 e. The molecule has 1 fully saturated rings. The van der Waals surface area contributed by atoms with Crippen molar-refractivity contribution in [3.05, 3.63) is 69.1 Å². The molecule has 32 heavy (non-hydrogen) atoms. The molecule has 170 valence electrons. The number of likely N-dealkylation sites (tertiary alicyclic amines) is 1. The van der Waals surface area contributed by atoms with E-state index in [1.54, 1.807) is 28.4 Å². The number of nitrogens with zero attached hydrogens (tertiary/aromatic N) is 3. The summed E-state index contributed by atoms with van der Waals surface area (Å²) >= 11 is 0. The monoisotopic (exact) mass is 437 g/mol. The summed E-state index contributed by atoms with van der Waals surface area (Å²) in [7, 11) is 1.67. The van der Waals surface area contributed by atoms with Gasteiger partial charge >= 0.3 is 0 Å². The third-order valence-electron chi connectivity index (χ3n) is 6.59. The van der Waals surface area contributed by atoms with E-state index in [9.17, 15) is 14.4 Å². The average Bonchev–Trinajstić information content (AvgIpc) is 3.26. The van der Waals surface area contributed by atoms with E-state index in [-0.39, 0.29) is 22.9 Å². The Morgan fingerprint density at radius 3 is 2.62 bits per heavy atom. The first-order valence-electron chi connectivity index (χ1n) is 11.3. The molecule has 2 aliphatic rings. The summed E-state index contributed by atoms with van der Waals surface area (Å²) in [4.78, 5) is 42.5. The van der Waals surface area contributed by atoms with Gasteiger partial charge in [0, 0.05) is 58.9 Å². The van der Waals surface area contributed by atoms with Crippen molar-refractivity contribution in [2.24, 2.45) is 5.92 Å². The van der Waals surface area contributed by atoms with Crippen LogP contribution in [-0.4, -0.2) is 59.5 Å². The lowest BCUT2D eigenvalue weighted by atomic mass is 9.95. The molecule has 0 N–H and O–H groups in total. The molecule has 7 nitrogen and oxygen atoms in total. The van der Waals surface area contributed by atoms with Crippen LogP contribution in [0.3, 0.4) is 0 Å². The third-order valence-corrected chi connectivity index (χ3v) is 6.59. The maximum Gasteiger partial charge on any atom is 0.263 e. The van der Waals surface area contributed by atoms with Gasteiger partial charge in [0.05, 0.1) is 6.61 Å². The van der Waals surface area contributed by atoms with Crippen molar-refractivity contribution in [3.63, 3.8) is 0 Å². The predicted molar refractivity (Wildman–Crippen MR) is 122 cm³/mol. The standard InChI is InChI=1S/C25H31N3O4/c1-18(29)26-13-10-22-21(15-26)16-28(11-8-19-6-4-3-5-7-19)25(31)23(22)24(30)27-12-9-20(14-27)17-32-2/h3-7,16,20H,8-15,17H2,1-2H3. The highest BCUT2D eigenvalue weighted by atomic mass is 16.5. The molecular weight excluding hydrogens is 406 g/mol. The van der Waals surface area contributed by atoms with Crippen LogP contribution in [0.25, 0.3) is 0 Å². The number of ether oxygens (including phenoxy) is 1. The highest BCUT2D eigenvalue weighted by Gasteiger charge is 2.32. The minimum Gasteiger partial charge on any atom is -0.384 e. The number of hydrogen-bond donors (Lipinski definition) is 0. The van der Waals surface area contributed by atoms with Crippen LogP contribution in [-0.2, 0) is 35.5 Å². The summed E-state index contributed by atoms with van der Waals surface area (Å²) < 4.78 is 6.92. The number of aromatic nitrogens is 1. The predicted octanol–water partition coefficient (Wildman–Crippen LogP) is 2.10. The van der Waals surface area contributed by atoms with Gasteiger partial charge in [-0.05, 0) is 36.0 Å². The number of pyridine rings is 1. The summed E-state index contributed by atoms with van der Waals surface area (Å²) in [5, 5.41) is 0. The molecule has 1 unspecified atom stereocenters. The van der Waals surface area contributed by atoms with Crippen LogP contribution in [0.2, 0.25) is 0 Å². The highest BCUT2D eigenvalue weighted by molar-refractivity contribution is 5.96. The van der Waals surface area contributed by atoms with Gasteiger partial charge in [-0.2, -0.15) is 0 Å². The first-order chi connectivity index (χ1) is 15.5. The smallest absolute Gasteiger partial charge is 0.263 e. The van der Waals surface area contributed by atoms with Gasteiger partial charge in [0.15, 0.2) is 0 Å². The number of methoxy groups -OCH3 is 1. The second-order valence-corrected chi connectivity index (χ2v) is 8.79.